The van der Waals surface area contributed by atoms with Gasteiger partial charge in [0.1, 0.15) is 0 Å². The van der Waals surface area contributed by atoms with Crippen LogP contribution in [-0.4, -0.2) is 49.2 Å². The van der Waals surface area contributed by atoms with Gasteiger partial charge in [-0.15, -0.1) is 0 Å². The molecule has 4 heteroatoms. The summed E-state index contributed by atoms with van der Waals surface area (Å²) in [4.78, 5) is 14.0. The van der Waals surface area contributed by atoms with E-state index >= 15 is 0 Å². The topological polar surface area (TPSA) is 41.6 Å². The van der Waals surface area contributed by atoms with Gasteiger partial charge in [0, 0.05) is 30.7 Å². The Morgan fingerprint density at radius 1 is 1.39 bits per heavy atom. The van der Waals surface area contributed by atoms with Gasteiger partial charge < -0.3 is 10.1 Å². The Morgan fingerprint density at radius 2 is 2.22 bits per heavy atom. The largest absolute Gasteiger partial charge is 0.463 e. The third kappa shape index (κ3) is 3.12. The molecule has 0 bridgehead atoms. The lowest BCUT2D eigenvalue weighted by atomic mass is 9.99. The number of piperidine rings is 1. The van der Waals surface area contributed by atoms with Gasteiger partial charge in [-0.25, -0.2) is 4.79 Å². The summed E-state index contributed by atoms with van der Waals surface area (Å²) in [5.74, 6) is -0.275. The van der Waals surface area contributed by atoms with E-state index in [1.807, 2.05) is 6.92 Å². The van der Waals surface area contributed by atoms with E-state index in [9.17, 15) is 4.79 Å². The zero-order valence-corrected chi connectivity index (χ0v) is 11.3. The van der Waals surface area contributed by atoms with E-state index in [-0.39, 0.29) is 5.97 Å². The van der Waals surface area contributed by atoms with Gasteiger partial charge in [0.05, 0.1) is 6.61 Å². The summed E-state index contributed by atoms with van der Waals surface area (Å²) in [5.41, 5.74) is 0.533. The first-order valence-electron chi connectivity index (χ1n) is 7.04. The first-order valence-corrected chi connectivity index (χ1v) is 7.04. The van der Waals surface area contributed by atoms with Gasteiger partial charge in [-0.1, -0.05) is 13.0 Å². The highest BCUT2D eigenvalue weighted by atomic mass is 16.5. The zero-order valence-electron chi connectivity index (χ0n) is 11.3. The van der Waals surface area contributed by atoms with Gasteiger partial charge in [-0.2, -0.15) is 0 Å². The van der Waals surface area contributed by atoms with Crippen LogP contribution < -0.4 is 5.32 Å². The summed E-state index contributed by atoms with van der Waals surface area (Å²) in [7, 11) is 0. The molecule has 2 unspecified atom stereocenters. The third-order valence-corrected chi connectivity index (χ3v) is 4.00. The first-order chi connectivity index (χ1) is 8.72. The highest BCUT2D eigenvalue weighted by molar-refractivity contribution is 5.88. The molecular formula is C14H24N2O2. The molecule has 2 heterocycles. The molecule has 2 rings (SSSR count). The number of hydrogen-bond donors (Lipinski definition) is 1. The fourth-order valence-corrected chi connectivity index (χ4v) is 3.05. The van der Waals surface area contributed by atoms with Crippen molar-refractivity contribution in [1.29, 1.82) is 0 Å². The molecule has 18 heavy (non-hydrogen) atoms. The quantitative estimate of drug-likeness (QED) is 0.592. The molecule has 0 aliphatic carbocycles. The van der Waals surface area contributed by atoms with Crippen molar-refractivity contribution in [3.8, 4) is 0 Å². The molecular weight excluding hydrogens is 228 g/mol. The average molecular weight is 252 g/mol. The third-order valence-electron chi connectivity index (χ3n) is 4.00. The Kier molecular flexibility index (Phi) is 4.78. The highest BCUT2D eigenvalue weighted by Gasteiger charge is 2.35. The van der Waals surface area contributed by atoms with Crippen molar-refractivity contribution < 1.29 is 9.53 Å². The van der Waals surface area contributed by atoms with E-state index in [2.05, 4.69) is 16.8 Å². The SMILES string of the molecule is C=C(CNC1CCN2CCCCC12)C(=O)OCC. The molecule has 2 atom stereocenters. The van der Waals surface area contributed by atoms with Crippen molar-refractivity contribution in [1.82, 2.24) is 10.2 Å². The summed E-state index contributed by atoms with van der Waals surface area (Å²) in [6.45, 7) is 8.99. The van der Waals surface area contributed by atoms with Crippen molar-refractivity contribution >= 4 is 5.97 Å². The maximum Gasteiger partial charge on any atom is 0.334 e. The smallest absolute Gasteiger partial charge is 0.334 e. The fourth-order valence-electron chi connectivity index (χ4n) is 3.05. The molecule has 2 aliphatic rings. The van der Waals surface area contributed by atoms with Crippen molar-refractivity contribution in [3.63, 3.8) is 0 Å². The second kappa shape index (κ2) is 6.34. The lowest BCUT2D eigenvalue weighted by Crippen LogP contribution is -2.45. The molecule has 2 saturated heterocycles. The van der Waals surface area contributed by atoms with E-state index in [1.165, 1.54) is 38.8 Å². The van der Waals surface area contributed by atoms with E-state index in [4.69, 9.17) is 4.74 Å². The van der Waals surface area contributed by atoms with Crippen LogP contribution >= 0.6 is 0 Å². The van der Waals surface area contributed by atoms with Crippen LogP contribution in [0.5, 0.6) is 0 Å². The Hall–Kier alpha value is -0.870. The van der Waals surface area contributed by atoms with E-state index in [0.29, 0.717) is 30.8 Å². The first kappa shape index (κ1) is 13.6. The molecule has 2 aliphatic heterocycles. The van der Waals surface area contributed by atoms with Crippen LogP contribution in [0.25, 0.3) is 0 Å². The molecule has 0 saturated carbocycles. The van der Waals surface area contributed by atoms with E-state index < -0.39 is 0 Å². The number of rotatable bonds is 5. The van der Waals surface area contributed by atoms with Crippen molar-refractivity contribution in [3.05, 3.63) is 12.2 Å². The van der Waals surface area contributed by atoms with Crippen LogP contribution in [0.4, 0.5) is 0 Å². The van der Waals surface area contributed by atoms with Gasteiger partial charge in [0.15, 0.2) is 0 Å². The minimum absolute atomic E-state index is 0.275. The van der Waals surface area contributed by atoms with Gasteiger partial charge >= 0.3 is 5.97 Å². The molecule has 0 aromatic carbocycles. The number of fused-ring (bicyclic) bond motifs is 1. The summed E-state index contributed by atoms with van der Waals surface area (Å²) in [5, 5.41) is 3.48. The summed E-state index contributed by atoms with van der Waals surface area (Å²) < 4.78 is 4.94. The maximum atomic E-state index is 11.5. The second-order valence-corrected chi connectivity index (χ2v) is 5.20. The Balaban J connectivity index is 1.76. The van der Waals surface area contributed by atoms with Gasteiger partial charge in [0.25, 0.3) is 0 Å². The number of carbonyl (C=O) groups excluding carboxylic acids is 1. The van der Waals surface area contributed by atoms with Crippen LogP contribution in [0, 0.1) is 0 Å². The molecule has 0 aromatic heterocycles. The minimum atomic E-state index is -0.275. The lowest BCUT2D eigenvalue weighted by molar-refractivity contribution is -0.138. The van der Waals surface area contributed by atoms with Gasteiger partial charge in [-0.05, 0) is 32.7 Å². The molecule has 0 amide bonds. The molecule has 2 fully saturated rings. The Labute approximate surface area is 109 Å². The van der Waals surface area contributed by atoms with Crippen molar-refractivity contribution in [2.24, 2.45) is 0 Å². The van der Waals surface area contributed by atoms with Crippen LogP contribution in [0.2, 0.25) is 0 Å². The average Bonchev–Trinajstić information content (AvgIpc) is 2.79. The van der Waals surface area contributed by atoms with Gasteiger partial charge in [-0.3, -0.25) is 4.90 Å². The minimum Gasteiger partial charge on any atom is -0.463 e. The molecule has 4 nitrogen and oxygen atoms in total. The standard InChI is InChI=1S/C14H24N2O2/c1-3-18-14(17)11(2)10-15-12-7-9-16-8-5-4-6-13(12)16/h12-13,15H,2-10H2,1H3. The predicted molar refractivity (Wildman–Crippen MR) is 71.4 cm³/mol. The number of carbonyl (C=O) groups is 1. The maximum absolute atomic E-state index is 11.5. The number of nitrogens with zero attached hydrogens (tertiary/aromatic N) is 1. The van der Waals surface area contributed by atoms with Crippen LogP contribution in [0.15, 0.2) is 12.2 Å². The monoisotopic (exact) mass is 252 g/mol. The normalized spacial score (nSPS) is 27.8. The number of esters is 1. The lowest BCUT2D eigenvalue weighted by Gasteiger charge is -2.32. The number of ether oxygens (including phenoxy) is 1. The second-order valence-electron chi connectivity index (χ2n) is 5.20. The zero-order chi connectivity index (χ0) is 13.0. The highest BCUT2D eigenvalue weighted by Crippen LogP contribution is 2.27. The predicted octanol–water partition coefficient (Wildman–Crippen LogP) is 1.32. The summed E-state index contributed by atoms with van der Waals surface area (Å²) >= 11 is 0. The number of nitrogens with one attached hydrogen (secondary N) is 1. The van der Waals surface area contributed by atoms with Gasteiger partial charge in [0.2, 0.25) is 0 Å². The van der Waals surface area contributed by atoms with E-state index in [0.717, 1.165) is 0 Å². The molecule has 102 valence electrons. The fraction of sp³-hybridized carbons (Fsp3) is 0.786. The molecule has 0 spiro atoms. The number of hydrogen-bond acceptors (Lipinski definition) is 4. The molecule has 1 N–H and O–H groups in total. The summed E-state index contributed by atoms with van der Waals surface area (Å²) in [6.07, 6.45) is 5.13. The Bertz CT molecular complexity index is 317. The summed E-state index contributed by atoms with van der Waals surface area (Å²) in [6, 6.07) is 1.17. The van der Waals surface area contributed by atoms with Crippen molar-refractivity contribution in [2.75, 3.05) is 26.2 Å². The van der Waals surface area contributed by atoms with Crippen LogP contribution in [-0.2, 0) is 9.53 Å². The Morgan fingerprint density at radius 3 is 3.00 bits per heavy atom. The van der Waals surface area contributed by atoms with E-state index in [1.54, 1.807) is 0 Å². The molecule has 0 radical (unpaired) electrons. The van der Waals surface area contributed by atoms with Crippen LogP contribution in [0.1, 0.15) is 32.6 Å². The molecule has 0 aromatic rings. The van der Waals surface area contributed by atoms with Crippen molar-refractivity contribution in [2.45, 2.75) is 44.7 Å². The van der Waals surface area contributed by atoms with Crippen LogP contribution in [0.3, 0.4) is 0 Å².